The number of carboxylic acids is 1. The molecule has 0 saturated heterocycles. The zero-order valence-corrected chi connectivity index (χ0v) is 24.8. The maximum absolute atomic E-state index is 13.2. The van der Waals surface area contributed by atoms with Gasteiger partial charge in [-0.3, -0.25) is 19.2 Å². The van der Waals surface area contributed by atoms with Crippen LogP contribution in [0.15, 0.2) is 24.3 Å². The lowest BCUT2D eigenvalue weighted by Gasteiger charge is -2.57. The van der Waals surface area contributed by atoms with E-state index in [1.165, 1.54) is 0 Å². The highest BCUT2D eigenvalue weighted by molar-refractivity contribution is 5.94. The Kier molecular flexibility index (Phi) is 8.48. The minimum atomic E-state index is -1.05. The molecule has 9 atom stereocenters. The molecule has 0 spiro atoms. The molecule has 0 heterocycles. The summed E-state index contributed by atoms with van der Waals surface area (Å²) >= 11 is 0. The normalized spacial score (nSPS) is 36.8. The van der Waals surface area contributed by atoms with Gasteiger partial charge in [0.1, 0.15) is 6.61 Å². The predicted octanol–water partition coefficient (Wildman–Crippen LogP) is 5.97. The van der Waals surface area contributed by atoms with Crippen molar-refractivity contribution < 1.29 is 34.1 Å². The van der Waals surface area contributed by atoms with E-state index in [1.807, 2.05) is 24.3 Å². The Bertz CT molecular complexity index is 1170. The number of carbonyl (C=O) groups excluding carboxylic acids is 3. The Labute approximate surface area is 243 Å². The van der Waals surface area contributed by atoms with Crippen LogP contribution in [0.25, 0.3) is 0 Å². The number of rotatable bonds is 9. The lowest BCUT2D eigenvalue weighted by molar-refractivity contribution is -0.153. The van der Waals surface area contributed by atoms with E-state index in [4.69, 9.17) is 9.84 Å². The van der Waals surface area contributed by atoms with Crippen LogP contribution in [-0.2, 0) is 19.1 Å². The standard InChI is InChI=1S/C34H46O7/c1-20(22-4-6-23(7-5-22)21(2)35)34(40)17-15-25-24(18-34)8-9-27-26(25)14-16-33(3)28(27)10-11-29(33)30(36)19-41-32(39)13-12-31(37)38/h4-7,20,24-29,40H,8-19H2,1-3H3,(H,37,38)/t20?,24-,25+,26-,27-,28+,29-,33+,34-/m1/s1. The van der Waals surface area contributed by atoms with Crippen LogP contribution in [0.4, 0.5) is 0 Å². The summed E-state index contributed by atoms with van der Waals surface area (Å²) in [4.78, 5) is 47.5. The van der Waals surface area contributed by atoms with Crippen molar-refractivity contribution in [1.82, 2.24) is 0 Å². The smallest absolute Gasteiger partial charge is 0.306 e. The van der Waals surface area contributed by atoms with Crippen LogP contribution < -0.4 is 0 Å². The van der Waals surface area contributed by atoms with E-state index in [9.17, 15) is 24.3 Å². The maximum Gasteiger partial charge on any atom is 0.306 e. The van der Waals surface area contributed by atoms with Crippen molar-refractivity contribution in [3.8, 4) is 0 Å². The van der Waals surface area contributed by atoms with Gasteiger partial charge in [0.15, 0.2) is 11.6 Å². The average Bonchev–Trinajstić information content (AvgIpc) is 3.31. The molecule has 4 aliphatic carbocycles. The summed E-state index contributed by atoms with van der Waals surface area (Å²) in [5.74, 6) is 1.15. The number of Topliss-reactive ketones (excluding diaryl/α,β-unsaturated/α-hetero) is 2. The first-order valence-corrected chi connectivity index (χ1v) is 15.7. The number of hydrogen-bond donors (Lipinski definition) is 2. The molecule has 1 aromatic rings. The summed E-state index contributed by atoms with van der Waals surface area (Å²) in [7, 11) is 0. The van der Waals surface area contributed by atoms with Crippen LogP contribution in [0.3, 0.4) is 0 Å². The second-order valence-electron chi connectivity index (χ2n) is 13.9. The zero-order valence-electron chi connectivity index (χ0n) is 24.8. The summed E-state index contributed by atoms with van der Waals surface area (Å²) < 4.78 is 5.17. The number of aliphatic carboxylic acids is 1. The molecule has 0 bridgehead atoms. The first-order valence-electron chi connectivity index (χ1n) is 15.7. The van der Waals surface area contributed by atoms with E-state index in [0.717, 1.165) is 63.4 Å². The molecule has 0 radical (unpaired) electrons. The van der Waals surface area contributed by atoms with Crippen LogP contribution in [0.5, 0.6) is 0 Å². The van der Waals surface area contributed by atoms with E-state index in [0.29, 0.717) is 35.2 Å². The van der Waals surface area contributed by atoms with Gasteiger partial charge in [0.2, 0.25) is 0 Å². The number of esters is 1. The highest BCUT2D eigenvalue weighted by Gasteiger charge is 2.59. The Morgan fingerprint density at radius 3 is 2.32 bits per heavy atom. The van der Waals surface area contributed by atoms with Gasteiger partial charge < -0.3 is 14.9 Å². The topological polar surface area (TPSA) is 118 Å². The molecule has 4 saturated carbocycles. The molecule has 1 aromatic carbocycles. The summed E-state index contributed by atoms with van der Waals surface area (Å²) in [6.07, 6.45) is 8.43. The van der Waals surface area contributed by atoms with Gasteiger partial charge in [0.25, 0.3) is 0 Å². The molecule has 224 valence electrons. The lowest BCUT2D eigenvalue weighted by Crippen LogP contribution is -2.52. The quantitative estimate of drug-likeness (QED) is 0.279. The van der Waals surface area contributed by atoms with Crippen molar-refractivity contribution in [2.24, 2.45) is 40.9 Å². The summed E-state index contributed by atoms with van der Waals surface area (Å²) in [5.41, 5.74) is 0.982. The van der Waals surface area contributed by atoms with Gasteiger partial charge in [-0.2, -0.15) is 0 Å². The van der Waals surface area contributed by atoms with Gasteiger partial charge in [0, 0.05) is 17.4 Å². The molecule has 7 heteroatoms. The molecule has 5 rings (SSSR count). The maximum atomic E-state index is 13.2. The van der Waals surface area contributed by atoms with Crippen LogP contribution in [0.2, 0.25) is 0 Å². The molecule has 4 aliphatic rings. The second-order valence-corrected chi connectivity index (χ2v) is 13.9. The highest BCUT2D eigenvalue weighted by atomic mass is 16.5. The fourth-order valence-corrected chi connectivity index (χ4v) is 9.68. The van der Waals surface area contributed by atoms with E-state index in [2.05, 4.69) is 13.8 Å². The van der Waals surface area contributed by atoms with E-state index in [1.54, 1.807) is 6.92 Å². The number of carbonyl (C=O) groups is 4. The van der Waals surface area contributed by atoms with E-state index < -0.39 is 17.5 Å². The number of fused-ring (bicyclic) bond motifs is 5. The first-order chi connectivity index (χ1) is 19.4. The van der Waals surface area contributed by atoms with Crippen LogP contribution >= 0.6 is 0 Å². The summed E-state index contributed by atoms with van der Waals surface area (Å²) in [6.45, 7) is 5.73. The van der Waals surface area contributed by atoms with Crippen molar-refractivity contribution in [3.05, 3.63) is 35.4 Å². The van der Waals surface area contributed by atoms with E-state index >= 15 is 0 Å². The van der Waals surface area contributed by atoms with Gasteiger partial charge >= 0.3 is 11.9 Å². The third-order valence-corrected chi connectivity index (χ3v) is 12.0. The second kappa shape index (κ2) is 11.6. The minimum absolute atomic E-state index is 0.0108. The van der Waals surface area contributed by atoms with Crippen molar-refractivity contribution in [2.45, 2.75) is 103 Å². The highest BCUT2D eigenvalue weighted by Crippen LogP contribution is 2.65. The van der Waals surface area contributed by atoms with Crippen molar-refractivity contribution in [1.29, 1.82) is 0 Å². The zero-order chi connectivity index (χ0) is 29.5. The number of ketones is 2. The van der Waals surface area contributed by atoms with Gasteiger partial charge in [-0.15, -0.1) is 0 Å². The lowest BCUT2D eigenvalue weighted by atomic mass is 9.48. The Morgan fingerprint density at radius 2 is 1.63 bits per heavy atom. The molecule has 2 N–H and O–H groups in total. The van der Waals surface area contributed by atoms with Gasteiger partial charge in [-0.25, -0.2) is 0 Å². The summed E-state index contributed by atoms with van der Waals surface area (Å²) in [6, 6.07) is 7.74. The first kappa shape index (κ1) is 29.9. The van der Waals surface area contributed by atoms with Crippen molar-refractivity contribution in [2.75, 3.05) is 6.61 Å². The SMILES string of the molecule is CC(=O)c1ccc(C(C)[C@@]2(O)CC[C@H]3[C@H](CC[C@@H]4[C@@H]3CC[C@]3(C)[C@@H](C(=O)COC(=O)CCC(=O)O)CC[C@@H]43)C2)cc1. The number of ether oxygens (including phenoxy) is 1. The molecule has 0 aliphatic heterocycles. The van der Waals surface area contributed by atoms with E-state index in [-0.39, 0.29) is 48.3 Å². The average molecular weight is 567 g/mol. The van der Waals surface area contributed by atoms with Crippen LogP contribution in [0.1, 0.15) is 113 Å². The molecular formula is C34H46O7. The van der Waals surface area contributed by atoms with Crippen molar-refractivity contribution in [3.63, 3.8) is 0 Å². The van der Waals surface area contributed by atoms with Gasteiger partial charge in [-0.05, 0) is 105 Å². The number of hydrogen-bond acceptors (Lipinski definition) is 6. The molecule has 7 nitrogen and oxygen atoms in total. The fraction of sp³-hybridized carbons (Fsp3) is 0.706. The summed E-state index contributed by atoms with van der Waals surface area (Å²) in [5, 5.41) is 20.6. The molecule has 41 heavy (non-hydrogen) atoms. The third kappa shape index (κ3) is 5.76. The molecule has 0 amide bonds. The van der Waals surface area contributed by atoms with Gasteiger partial charge in [-0.1, -0.05) is 38.1 Å². The van der Waals surface area contributed by atoms with Crippen LogP contribution in [0, 0.1) is 40.9 Å². The molecule has 0 aromatic heterocycles. The van der Waals surface area contributed by atoms with Crippen LogP contribution in [-0.4, -0.2) is 45.9 Å². The third-order valence-electron chi connectivity index (χ3n) is 12.0. The Hall–Kier alpha value is -2.54. The fourth-order valence-electron chi connectivity index (χ4n) is 9.68. The molecule has 1 unspecified atom stereocenters. The number of aliphatic hydroxyl groups is 1. The Balaban J connectivity index is 1.20. The minimum Gasteiger partial charge on any atom is -0.481 e. The largest absolute Gasteiger partial charge is 0.481 e. The molecule has 4 fully saturated rings. The van der Waals surface area contributed by atoms with Crippen molar-refractivity contribution >= 4 is 23.5 Å². The number of benzene rings is 1. The number of carboxylic acid groups (broad SMARTS) is 1. The monoisotopic (exact) mass is 566 g/mol. The van der Waals surface area contributed by atoms with Gasteiger partial charge in [0.05, 0.1) is 18.4 Å². The Morgan fingerprint density at radius 1 is 0.927 bits per heavy atom. The predicted molar refractivity (Wildman–Crippen MR) is 153 cm³/mol. The molecular weight excluding hydrogens is 520 g/mol.